The first-order valence-corrected chi connectivity index (χ1v) is 9.93. The summed E-state index contributed by atoms with van der Waals surface area (Å²) in [6.07, 6.45) is 2.85. The van der Waals surface area contributed by atoms with E-state index in [1.807, 2.05) is 6.20 Å². The molecule has 140 valence electrons. The largest absolute Gasteiger partial charge is 0.357 e. The number of thiophene rings is 1. The fraction of sp³-hybridized carbons (Fsp3) is 0.529. The smallest absolute Gasteiger partial charge is 0.191 e. The molecule has 0 radical (unpaired) electrons. The second kappa shape index (κ2) is 11.8. The van der Waals surface area contributed by atoms with Crippen LogP contribution in [-0.2, 0) is 6.42 Å². The number of nitrogens with one attached hydrogen (secondary N) is 2. The van der Waals surface area contributed by atoms with E-state index in [1.54, 1.807) is 22.7 Å². The minimum atomic E-state index is 0. The molecule has 0 aromatic carbocycles. The van der Waals surface area contributed by atoms with Gasteiger partial charge in [0.2, 0.25) is 0 Å². The second-order valence-electron chi connectivity index (χ2n) is 5.76. The van der Waals surface area contributed by atoms with E-state index < -0.39 is 0 Å². The van der Waals surface area contributed by atoms with Gasteiger partial charge in [-0.25, -0.2) is 4.98 Å². The molecule has 25 heavy (non-hydrogen) atoms. The molecule has 0 saturated heterocycles. The highest BCUT2D eigenvalue weighted by Crippen LogP contribution is 2.23. The van der Waals surface area contributed by atoms with Crippen molar-refractivity contribution >= 4 is 52.6 Å². The minimum Gasteiger partial charge on any atom is -0.357 e. The Kier molecular flexibility index (Phi) is 10.6. The summed E-state index contributed by atoms with van der Waals surface area (Å²) in [4.78, 5) is 14.0. The van der Waals surface area contributed by atoms with Crippen LogP contribution in [0.3, 0.4) is 0 Å². The van der Waals surface area contributed by atoms with E-state index in [0.29, 0.717) is 6.04 Å². The van der Waals surface area contributed by atoms with Crippen molar-refractivity contribution in [3.63, 3.8) is 0 Å². The lowest BCUT2D eigenvalue weighted by Crippen LogP contribution is -2.39. The summed E-state index contributed by atoms with van der Waals surface area (Å²) in [5.74, 6) is 0.870. The van der Waals surface area contributed by atoms with Gasteiger partial charge in [0.15, 0.2) is 5.96 Å². The number of thiazole rings is 1. The summed E-state index contributed by atoms with van der Waals surface area (Å²) in [6, 6.07) is 4.58. The van der Waals surface area contributed by atoms with Gasteiger partial charge in [0.05, 0.1) is 17.6 Å². The quantitative estimate of drug-likeness (QED) is 0.336. The molecule has 5 nitrogen and oxygen atoms in total. The number of halogens is 1. The standard InChI is InChI=1S/C17H27N5S2.HI/c1-5-18-17(19-9-8-16-20-11-13(2)24-16)21-12-14(22(3)4)15-7-6-10-23-15;/h6-7,10-11,14H,5,8-9,12H2,1-4H3,(H2,18,19,21);1H. The molecule has 2 rings (SSSR count). The summed E-state index contributed by atoms with van der Waals surface area (Å²) in [5, 5.41) is 10.0. The molecule has 0 amide bonds. The van der Waals surface area contributed by atoms with Crippen molar-refractivity contribution in [2.45, 2.75) is 26.3 Å². The highest BCUT2D eigenvalue weighted by molar-refractivity contribution is 14.0. The van der Waals surface area contributed by atoms with Crippen LogP contribution in [0.1, 0.15) is 27.7 Å². The predicted octanol–water partition coefficient (Wildman–Crippen LogP) is 3.53. The Morgan fingerprint density at radius 2 is 2.16 bits per heavy atom. The van der Waals surface area contributed by atoms with Crippen LogP contribution in [0.15, 0.2) is 28.7 Å². The molecular weight excluding hydrogens is 465 g/mol. The van der Waals surface area contributed by atoms with Crippen LogP contribution in [-0.4, -0.2) is 49.6 Å². The van der Waals surface area contributed by atoms with Crippen LogP contribution in [0.25, 0.3) is 0 Å². The van der Waals surface area contributed by atoms with Gasteiger partial charge in [0.1, 0.15) is 0 Å². The van der Waals surface area contributed by atoms with Gasteiger partial charge in [-0.1, -0.05) is 6.07 Å². The normalized spacial score (nSPS) is 12.8. The Balaban J connectivity index is 0.00000312. The fourth-order valence-electron chi connectivity index (χ4n) is 2.31. The van der Waals surface area contributed by atoms with Gasteiger partial charge >= 0.3 is 0 Å². The van der Waals surface area contributed by atoms with E-state index in [0.717, 1.165) is 32.0 Å². The molecule has 2 N–H and O–H groups in total. The fourth-order valence-corrected chi connectivity index (χ4v) is 4.01. The zero-order chi connectivity index (χ0) is 17.4. The van der Waals surface area contributed by atoms with Gasteiger partial charge in [0.25, 0.3) is 0 Å². The topological polar surface area (TPSA) is 52.6 Å². The molecule has 0 spiro atoms. The third-order valence-electron chi connectivity index (χ3n) is 3.56. The third-order valence-corrected chi connectivity index (χ3v) is 5.51. The minimum absolute atomic E-state index is 0. The van der Waals surface area contributed by atoms with Crippen molar-refractivity contribution in [3.8, 4) is 0 Å². The van der Waals surface area contributed by atoms with Gasteiger partial charge in [-0.2, -0.15) is 0 Å². The van der Waals surface area contributed by atoms with Crippen molar-refractivity contribution in [1.82, 2.24) is 20.5 Å². The summed E-state index contributed by atoms with van der Waals surface area (Å²) in [5.41, 5.74) is 0. The van der Waals surface area contributed by atoms with E-state index in [-0.39, 0.29) is 24.0 Å². The molecule has 1 unspecified atom stereocenters. The zero-order valence-corrected chi connectivity index (χ0v) is 19.2. The van der Waals surface area contributed by atoms with Crippen molar-refractivity contribution in [1.29, 1.82) is 0 Å². The number of hydrogen-bond donors (Lipinski definition) is 2. The summed E-state index contributed by atoms with van der Waals surface area (Å²) < 4.78 is 0. The monoisotopic (exact) mass is 493 g/mol. The Morgan fingerprint density at radius 1 is 1.36 bits per heavy atom. The number of aromatic nitrogens is 1. The summed E-state index contributed by atoms with van der Waals surface area (Å²) >= 11 is 3.54. The average molecular weight is 493 g/mol. The number of aliphatic imine (C=N–C) groups is 1. The van der Waals surface area contributed by atoms with E-state index in [1.165, 1.54) is 14.8 Å². The molecule has 0 saturated carbocycles. The summed E-state index contributed by atoms with van der Waals surface area (Å²) in [6.45, 7) is 6.60. The first-order valence-electron chi connectivity index (χ1n) is 8.23. The molecule has 2 aromatic heterocycles. The first-order chi connectivity index (χ1) is 11.6. The first kappa shape index (κ1) is 22.3. The van der Waals surface area contributed by atoms with Crippen LogP contribution in [0.5, 0.6) is 0 Å². The molecule has 0 bridgehead atoms. The van der Waals surface area contributed by atoms with Gasteiger partial charge in [0, 0.05) is 35.5 Å². The third kappa shape index (κ3) is 7.59. The predicted molar refractivity (Wildman–Crippen MR) is 121 cm³/mol. The highest BCUT2D eigenvalue weighted by Gasteiger charge is 2.14. The van der Waals surface area contributed by atoms with Gasteiger partial charge in [-0.3, -0.25) is 4.99 Å². The zero-order valence-electron chi connectivity index (χ0n) is 15.3. The maximum atomic E-state index is 4.77. The van der Waals surface area contributed by atoms with E-state index in [9.17, 15) is 0 Å². The number of guanidine groups is 1. The Morgan fingerprint density at radius 3 is 2.72 bits per heavy atom. The number of likely N-dealkylation sites (N-methyl/N-ethyl adjacent to an activating group) is 1. The van der Waals surface area contributed by atoms with E-state index in [4.69, 9.17) is 4.99 Å². The maximum Gasteiger partial charge on any atom is 0.191 e. The lowest BCUT2D eigenvalue weighted by molar-refractivity contribution is 0.310. The van der Waals surface area contributed by atoms with Gasteiger partial charge in [-0.05, 0) is 39.4 Å². The molecular formula is C17H28IN5S2. The summed E-state index contributed by atoms with van der Waals surface area (Å²) in [7, 11) is 4.20. The number of aryl methyl sites for hydroxylation is 1. The maximum absolute atomic E-state index is 4.77. The molecule has 2 heterocycles. The molecule has 8 heteroatoms. The van der Waals surface area contributed by atoms with Crippen molar-refractivity contribution in [3.05, 3.63) is 38.5 Å². The Bertz CT molecular complexity index is 625. The second-order valence-corrected chi connectivity index (χ2v) is 8.05. The lowest BCUT2D eigenvalue weighted by Gasteiger charge is -2.22. The van der Waals surface area contributed by atoms with Crippen molar-refractivity contribution in [2.75, 3.05) is 33.7 Å². The van der Waals surface area contributed by atoms with E-state index in [2.05, 4.69) is 66.0 Å². The van der Waals surface area contributed by atoms with Crippen LogP contribution < -0.4 is 10.6 Å². The van der Waals surface area contributed by atoms with Crippen LogP contribution >= 0.6 is 46.7 Å². The molecule has 1 atom stereocenters. The van der Waals surface area contributed by atoms with E-state index >= 15 is 0 Å². The van der Waals surface area contributed by atoms with Crippen LogP contribution in [0, 0.1) is 6.92 Å². The SMILES string of the molecule is CCNC(=NCC(c1cccs1)N(C)C)NCCc1ncc(C)s1.I. The molecule has 0 aliphatic carbocycles. The van der Waals surface area contributed by atoms with Gasteiger partial charge < -0.3 is 15.5 Å². The average Bonchev–Trinajstić information content (AvgIpc) is 3.19. The van der Waals surface area contributed by atoms with Crippen LogP contribution in [0.2, 0.25) is 0 Å². The van der Waals surface area contributed by atoms with Crippen LogP contribution in [0.4, 0.5) is 0 Å². The number of nitrogens with zero attached hydrogens (tertiary/aromatic N) is 3. The van der Waals surface area contributed by atoms with Crippen molar-refractivity contribution in [2.24, 2.45) is 4.99 Å². The Hall–Kier alpha value is -0.710. The number of rotatable bonds is 8. The lowest BCUT2D eigenvalue weighted by atomic mass is 10.2. The Labute approximate surface area is 176 Å². The highest BCUT2D eigenvalue weighted by atomic mass is 127. The van der Waals surface area contributed by atoms with Crippen molar-refractivity contribution < 1.29 is 0 Å². The number of hydrogen-bond acceptors (Lipinski definition) is 5. The molecule has 0 aliphatic heterocycles. The molecule has 2 aromatic rings. The molecule has 0 aliphatic rings. The molecule has 0 fully saturated rings. The van der Waals surface area contributed by atoms with Gasteiger partial charge in [-0.15, -0.1) is 46.7 Å².